The van der Waals surface area contributed by atoms with Gasteiger partial charge >= 0.3 is 6.03 Å². The Morgan fingerprint density at radius 3 is 2.36 bits per heavy atom. The van der Waals surface area contributed by atoms with Crippen LogP contribution in [0.2, 0.25) is 0 Å². The number of ether oxygens (including phenoxy) is 3. The van der Waals surface area contributed by atoms with E-state index in [9.17, 15) is 4.79 Å². The summed E-state index contributed by atoms with van der Waals surface area (Å²) in [6, 6.07) is 2.78. The Labute approximate surface area is 144 Å². The second-order valence-electron chi connectivity index (χ2n) is 4.89. The number of carbonyl (C=O) groups is 1. The molecule has 1 heterocycles. The fraction of sp³-hybridized carbons (Fsp3) is 0.267. The van der Waals surface area contributed by atoms with Crippen LogP contribution in [0.15, 0.2) is 24.7 Å². The number of benzene rings is 1. The molecule has 0 aliphatic rings. The first-order valence-corrected chi connectivity index (χ1v) is 7.18. The van der Waals surface area contributed by atoms with Gasteiger partial charge in [0.25, 0.3) is 0 Å². The van der Waals surface area contributed by atoms with Gasteiger partial charge in [-0.3, -0.25) is 5.43 Å². The smallest absolute Gasteiger partial charge is 0.351 e. The zero-order valence-corrected chi connectivity index (χ0v) is 14.1. The number of nitrogens with two attached hydrogens (primary N) is 2. The van der Waals surface area contributed by atoms with E-state index in [4.69, 9.17) is 25.9 Å². The monoisotopic (exact) mass is 348 g/mol. The minimum absolute atomic E-state index is 0.217. The van der Waals surface area contributed by atoms with Crippen molar-refractivity contribution in [1.82, 2.24) is 15.4 Å². The molecule has 0 bridgehead atoms. The second kappa shape index (κ2) is 8.13. The molecule has 0 saturated heterocycles. The van der Waals surface area contributed by atoms with Crippen LogP contribution in [0.1, 0.15) is 11.1 Å². The Kier molecular flexibility index (Phi) is 5.93. The highest BCUT2D eigenvalue weighted by atomic mass is 16.5. The first-order valence-electron chi connectivity index (χ1n) is 7.18. The van der Waals surface area contributed by atoms with E-state index < -0.39 is 6.03 Å². The summed E-state index contributed by atoms with van der Waals surface area (Å²) in [5, 5.41) is 0.810. The quantitative estimate of drug-likeness (QED) is 0.386. The Bertz CT molecular complexity index is 755. The Balaban J connectivity index is 2.45. The molecule has 2 rings (SSSR count). The minimum Gasteiger partial charge on any atom is -0.496 e. The normalized spacial score (nSPS) is 10.1. The molecule has 0 saturated carbocycles. The molecule has 1 aromatic carbocycles. The van der Waals surface area contributed by atoms with Crippen molar-refractivity contribution in [3.63, 3.8) is 0 Å². The standard InChI is InChI=1S/C15H20N6O4/c1-23-11-6-13(25-3)12(24-2)5-9(11)4-10-7-18-8-19-14(10)21(17)15(22)20-16/h5-8H,4,16-17H2,1-3H3,(H,20,22). The maximum absolute atomic E-state index is 11.7. The van der Waals surface area contributed by atoms with Gasteiger partial charge in [-0.25, -0.2) is 31.5 Å². The van der Waals surface area contributed by atoms with Crippen LogP contribution in [0, 0.1) is 0 Å². The van der Waals surface area contributed by atoms with Gasteiger partial charge in [-0.1, -0.05) is 0 Å². The largest absolute Gasteiger partial charge is 0.496 e. The molecule has 0 aliphatic heterocycles. The molecular formula is C15H20N6O4. The number of anilines is 1. The summed E-state index contributed by atoms with van der Waals surface area (Å²) in [7, 11) is 4.63. The van der Waals surface area contributed by atoms with Crippen molar-refractivity contribution < 1.29 is 19.0 Å². The Morgan fingerprint density at radius 1 is 1.12 bits per heavy atom. The van der Waals surface area contributed by atoms with Crippen LogP contribution in [-0.4, -0.2) is 37.3 Å². The third kappa shape index (κ3) is 3.87. The van der Waals surface area contributed by atoms with Gasteiger partial charge < -0.3 is 14.2 Å². The van der Waals surface area contributed by atoms with Crippen molar-refractivity contribution in [1.29, 1.82) is 0 Å². The molecule has 5 N–H and O–H groups in total. The maximum Gasteiger partial charge on any atom is 0.351 e. The molecule has 2 aromatic rings. The molecule has 2 amide bonds. The molecule has 0 spiro atoms. The maximum atomic E-state index is 11.7. The van der Waals surface area contributed by atoms with Crippen molar-refractivity contribution in [2.75, 3.05) is 26.3 Å². The number of hydrogen-bond acceptors (Lipinski definition) is 8. The highest BCUT2D eigenvalue weighted by molar-refractivity contribution is 5.89. The van der Waals surface area contributed by atoms with E-state index in [0.29, 0.717) is 29.2 Å². The minimum atomic E-state index is -0.709. The number of methoxy groups -OCH3 is 3. The number of carbonyl (C=O) groups excluding carboxylic acids is 1. The Hall–Kier alpha value is -3.11. The lowest BCUT2D eigenvalue weighted by atomic mass is 10.0. The van der Waals surface area contributed by atoms with Crippen molar-refractivity contribution >= 4 is 11.8 Å². The summed E-state index contributed by atoms with van der Waals surface area (Å²) < 4.78 is 16.0. The molecular weight excluding hydrogens is 328 g/mol. The van der Waals surface area contributed by atoms with Crippen LogP contribution in [-0.2, 0) is 6.42 Å². The first-order chi connectivity index (χ1) is 12.0. The summed E-state index contributed by atoms with van der Waals surface area (Å²) in [6.45, 7) is 0. The van der Waals surface area contributed by atoms with E-state index in [-0.39, 0.29) is 5.82 Å². The molecule has 10 nitrogen and oxygen atoms in total. The highest BCUT2D eigenvalue weighted by Gasteiger charge is 2.19. The first kappa shape index (κ1) is 18.2. The van der Waals surface area contributed by atoms with Gasteiger partial charge in [0.05, 0.1) is 21.3 Å². The molecule has 10 heteroatoms. The predicted molar refractivity (Wildman–Crippen MR) is 90.3 cm³/mol. The van der Waals surface area contributed by atoms with E-state index in [1.54, 1.807) is 32.5 Å². The number of urea groups is 1. The molecule has 0 radical (unpaired) electrons. The van der Waals surface area contributed by atoms with Crippen molar-refractivity contribution in [2.24, 2.45) is 11.7 Å². The molecule has 25 heavy (non-hydrogen) atoms. The number of nitrogens with one attached hydrogen (secondary N) is 1. The zero-order chi connectivity index (χ0) is 18.4. The lowest BCUT2D eigenvalue weighted by Gasteiger charge is -2.19. The number of nitrogens with zero attached hydrogens (tertiary/aromatic N) is 3. The van der Waals surface area contributed by atoms with E-state index >= 15 is 0 Å². The van der Waals surface area contributed by atoms with Gasteiger partial charge in [-0.15, -0.1) is 0 Å². The number of amides is 2. The van der Waals surface area contributed by atoms with Gasteiger partial charge in [0.15, 0.2) is 17.3 Å². The molecule has 1 aromatic heterocycles. The SMILES string of the molecule is COc1cc(OC)c(OC)cc1Cc1cncnc1N(N)C(=O)NN. The van der Waals surface area contributed by atoms with E-state index in [2.05, 4.69) is 9.97 Å². The summed E-state index contributed by atoms with van der Waals surface area (Å²) in [5.74, 6) is 12.7. The summed E-state index contributed by atoms with van der Waals surface area (Å²) in [6.07, 6.45) is 3.18. The topological polar surface area (TPSA) is 138 Å². The third-order valence-corrected chi connectivity index (χ3v) is 3.50. The number of hydrogen-bond donors (Lipinski definition) is 3. The number of aromatic nitrogens is 2. The van der Waals surface area contributed by atoms with E-state index in [1.165, 1.54) is 13.4 Å². The molecule has 0 unspecified atom stereocenters. The van der Waals surface area contributed by atoms with Crippen LogP contribution >= 0.6 is 0 Å². The summed E-state index contributed by atoms with van der Waals surface area (Å²) >= 11 is 0. The average molecular weight is 348 g/mol. The van der Waals surface area contributed by atoms with Gasteiger partial charge in [0, 0.05) is 29.8 Å². The lowest BCUT2D eigenvalue weighted by Crippen LogP contribution is -2.48. The van der Waals surface area contributed by atoms with Crippen LogP contribution in [0.25, 0.3) is 0 Å². The lowest BCUT2D eigenvalue weighted by molar-refractivity contribution is 0.246. The summed E-state index contributed by atoms with van der Waals surface area (Å²) in [5.41, 5.74) is 3.32. The Morgan fingerprint density at radius 2 is 1.76 bits per heavy atom. The molecule has 0 aliphatic carbocycles. The van der Waals surface area contributed by atoms with E-state index in [0.717, 1.165) is 10.6 Å². The fourth-order valence-electron chi connectivity index (χ4n) is 2.30. The van der Waals surface area contributed by atoms with Gasteiger partial charge in [0.1, 0.15) is 12.1 Å². The molecule has 0 atom stereocenters. The number of hydrazine groups is 2. The van der Waals surface area contributed by atoms with E-state index in [1.807, 2.05) is 5.43 Å². The summed E-state index contributed by atoms with van der Waals surface area (Å²) in [4.78, 5) is 19.7. The fourth-order valence-corrected chi connectivity index (χ4v) is 2.30. The van der Waals surface area contributed by atoms with Crippen molar-refractivity contribution in [3.8, 4) is 17.2 Å². The van der Waals surface area contributed by atoms with Crippen molar-refractivity contribution in [2.45, 2.75) is 6.42 Å². The van der Waals surface area contributed by atoms with Crippen LogP contribution in [0.5, 0.6) is 17.2 Å². The predicted octanol–water partition coefficient (Wildman–Crippen LogP) is 0.357. The average Bonchev–Trinajstić information content (AvgIpc) is 2.66. The van der Waals surface area contributed by atoms with Crippen LogP contribution < -0.4 is 36.3 Å². The van der Waals surface area contributed by atoms with Gasteiger partial charge in [-0.05, 0) is 6.07 Å². The second-order valence-corrected chi connectivity index (χ2v) is 4.89. The molecule has 0 fully saturated rings. The molecule has 134 valence electrons. The highest BCUT2D eigenvalue weighted by Crippen LogP contribution is 2.36. The van der Waals surface area contributed by atoms with Crippen LogP contribution in [0.4, 0.5) is 10.6 Å². The van der Waals surface area contributed by atoms with Gasteiger partial charge in [-0.2, -0.15) is 0 Å². The number of rotatable bonds is 6. The van der Waals surface area contributed by atoms with Gasteiger partial charge in [0.2, 0.25) is 0 Å². The zero-order valence-electron chi connectivity index (χ0n) is 14.1. The van der Waals surface area contributed by atoms with Crippen molar-refractivity contribution in [3.05, 3.63) is 35.8 Å². The third-order valence-electron chi connectivity index (χ3n) is 3.50. The van der Waals surface area contributed by atoms with Crippen LogP contribution in [0.3, 0.4) is 0 Å².